The molecule has 4 rings (SSSR count). The topological polar surface area (TPSA) is 96.0 Å². The fourth-order valence-corrected chi connectivity index (χ4v) is 6.48. The van der Waals surface area contributed by atoms with Gasteiger partial charge >= 0.3 is 0 Å². The molecule has 0 aliphatic carbocycles. The van der Waals surface area contributed by atoms with Gasteiger partial charge in [-0.1, -0.05) is 91.9 Å². The molecule has 236 valence electrons. The van der Waals surface area contributed by atoms with Crippen molar-refractivity contribution in [3.63, 3.8) is 0 Å². The number of amides is 2. The van der Waals surface area contributed by atoms with Crippen LogP contribution in [-0.4, -0.2) is 50.9 Å². The fraction of sp³-hybridized carbons (Fsp3) is 0.278. The molecule has 0 spiro atoms. The van der Waals surface area contributed by atoms with E-state index in [1.54, 1.807) is 42.5 Å². The van der Waals surface area contributed by atoms with E-state index < -0.39 is 28.5 Å². The molecule has 0 saturated carbocycles. The van der Waals surface area contributed by atoms with Gasteiger partial charge in [-0.2, -0.15) is 0 Å². The average molecular weight is 628 g/mol. The van der Waals surface area contributed by atoms with Crippen molar-refractivity contribution in [1.82, 2.24) is 10.2 Å². The summed E-state index contributed by atoms with van der Waals surface area (Å²) in [7, 11) is -2.77. The van der Waals surface area contributed by atoms with E-state index >= 15 is 0 Å². The number of benzene rings is 4. The molecule has 0 radical (unpaired) electrons. The maximum Gasteiger partial charge on any atom is 0.264 e. The van der Waals surface area contributed by atoms with Crippen LogP contribution in [-0.2, 0) is 32.6 Å². The van der Waals surface area contributed by atoms with Gasteiger partial charge in [0.25, 0.3) is 10.0 Å². The summed E-state index contributed by atoms with van der Waals surface area (Å²) >= 11 is 0. The molecule has 0 unspecified atom stereocenters. The number of carbonyl (C=O) groups is 2. The molecule has 45 heavy (non-hydrogen) atoms. The van der Waals surface area contributed by atoms with E-state index in [0.717, 1.165) is 21.0 Å². The summed E-state index contributed by atoms with van der Waals surface area (Å²) in [6.45, 7) is 5.41. The number of nitrogens with one attached hydrogen (secondary N) is 1. The number of aryl methyl sites for hydroxylation is 1. The van der Waals surface area contributed by atoms with E-state index in [1.807, 2.05) is 75.4 Å². The number of hydrogen-bond donors (Lipinski definition) is 1. The van der Waals surface area contributed by atoms with Crippen molar-refractivity contribution in [2.45, 2.75) is 57.1 Å². The summed E-state index contributed by atoms with van der Waals surface area (Å²) in [6.07, 6.45) is 0.966. The minimum Gasteiger partial charge on any atom is -0.495 e. The molecule has 2 amide bonds. The third-order valence-electron chi connectivity index (χ3n) is 7.84. The van der Waals surface area contributed by atoms with Gasteiger partial charge in [0, 0.05) is 19.0 Å². The van der Waals surface area contributed by atoms with Crippen LogP contribution in [0.3, 0.4) is 0 Å². The van der Waals surface area contributed by atoms with Crippen molar-refractivity contribution in [2.24, 2.45) is 0 Å². The Bertz CT molecular complexity index is 1680. The summed E-state index contributed by atoms with van der Waals surface area (Å²) in [5.41, 5.74) is 2.91. The van der Waals surface area contributed by atoms with Gasteiger partial charge in [-0.25, -0.2) is 8.42 Å². The van der Waals surface area contributed by atoms with Crippen LogP contribution in [0.4, 0.5) is 5.69 Å². The van der Waals surface area contributed by atoms with Crippen LogP contribution < -0.4 is 14.4 Å². The SMILES string of the molecule is CC[C@@H](C)NC(=O)[C@@H](Cc1ccccc1)N(Cc1ccccc1C)C(=O)CN(c1ccccc1OC)S(=O)(=O)c1ccccc1. The van der Waals surface area contributed by atoms with Crippen LogP contribution >= 0.6 is 0 Å². The Kier molecular flexibility index (Phi) is 11.4. The van der Waals surface area contributed by atoms with E-state index in [4.69, 9.17) is 4.74 Å². The Morgan fingerprint density at radius 1 is 0.844 bits per heavy atom. The first-order chi connectivity index (χ1) is 21.6. The van der Waals surface area contributed by atoms with Crippen LogP contribution in [0.15, 0.2) is 114 Å². The molecule has 9 heteroatoms. The number of para-hydroxylation sites is 2. The average Bonchev–Trinajstić information content (AvgIpc) is 3.06. The molecule has 4 aromatic carbocycles. The number of ether oxygens (including phenoxy) is 1. The number of rotatable bonds is 14. The lowest BCUT2D eigenvalue weighted by Gasteiger charge is -2.34. The third kappa shape index (κ3) is 8.30. The molecule has 0 heterocycles. The fourth-order valence-electron chi connectivity index (χ4n) is 5.03. The second kappa shape index (κ2) is 15.4. The van der Waals surface area contributed by atoms with Crippen molar-refractivity contribution in [3.8, 4) is 5.75 Å². The maximum atomic E-state index is 14.6. The van der Waals surface area contributed by atoms with Crippen LogP contribution in [0.2, 0.25) is 0 Å². The van der Waals surface area contributed by atoms with E-state index in [0.29, 0.717) is 12.2 Å². The monoisotopic (exact) mass is 627 g/mol. The first kappa shape index (κ1) is 33.3. The highest BCUT2D eigenvalue weighted by Crippen LogP contribution is 2.32. The number of nitrogens with zero attached hydrogens (tertiary/aromatic N) is 2. The Morgan fingerprint density at radius 3 is 2.09 bits per heavy atom. The highest BCUT2D eigenvalue weighted by Gasteiger charge is 2.35. The van der Waals surface area contributed by atoms with E-state index in [9.17, 15) is 18.0 Å². The molecule has 8 nitrogen and oxygen atoms in total. The van der Waals surface area contributed by atoms with Crippen LogP contribution in [0.25, 0.3) is 0 Å². The molecule has 0 bridgehead atoms. The predicted octanol–water partition coefficient (Wildman–Crippen LogP) is 5.75. The van der Waals surface area contributed by atoms with Gasteiger partial charge in [-0.3, -0.25) is 13.9 Å². The molecule has 0 saturated heterocycles. The lowest BCUT2D eigenvalue weighted by Crippen LogP contribution is -2.54. The lowest BCUT2D eigenvalue weighted by molar-refractivity contribution is -0.140. The van der Waals surface area contributed by atoms with Gasteiger partial charge in [0.05, 0.1) is 17.7 Å². The molecule has 0 aromatic heterocycles. The zero-order chi connectivity index (χ0) is 32.4. The van der Waals surface area contributed by atoms with Crippen LogP contribution in [0, 0.1) is 6.92 Å². The highest BCUT2D eigenvalue weighted by atomic mass is 32.2. The Labute approximate surface area is 266 Å². The molecular formula is C36H41N3O5S. The number of carbonyl (C=O) groups excluding carboxylic acids is 2. The summed E-state index contributed by atoms with van der Waals surface area (Å²) in [4.78, 5) is 30.1. The molecule has 2 atom stereocenters. The second-order valence-corrected chi connectivity index (χ2v) is 12.8. The Morgan fingerprint density at radius 2 is 1.44 bits per heavy atom. The second-order valence-electron chi connectivity index (χ2n) is 11.0. The summed E-state index contributed by atoms with van der Waals surface area (Å²) in [5, 5.41) is 3.06. The summed E-state index contributed by atoms with van der Waals surface area (Å²) in [6, 6.07) is 30.8. The first-order valence-corrected chi connectivity index (χ1v) is 16.5. The first-order valence-electron chi connectivity index (χ1n) is 15.0. The number of hydrogen-bond acceptors (Lipinski definition) is 5. The number of anilines is 1. The molecule has 0 aliphatic heterocycles. The Hall–Kier alpha value is -4.63. The largest absolute Gasteiger partial charge is 0.495 e. The smallest absolute Gasteiger partial charge is 0.264 e. The van der Waals surface area contributed by atoms with E-state index in [1.165, 1.54) is 24.1 Å². The zero-order valence-electron chi connectivity index (χ0n) is 26.2. The number of sulfonamides is 1. The summed E-state index contributed by atoms with van der Waals surface area (Å²) < 4.78 is 34.9. The summed E-state index contributed by atoms with van der Waals surface area (Å²) in [5.74, 6) is -0.528. The standard InChI is InChI=1S/C36H41N3O5S/c1-5-28(3)37-36(41)33(24-29-17-8-6-9-18-29)38(25-30-19-13-12-16-27(30)2)35(40)26-39(32-22-14-15-23-34(32)44-4)45(42,43)31-20-10-7-11-21-31/h6-23,28,33H,5,24-26H2,1-4H3,(H,37,41)/t28-,33-/m1/s1. The van der Waals surface area contributed by atoms with Gasteiger partial charge in [-0.05, 0) is 61.2 Å². The minimum atomic E-state index is -4.22. The van der Waals surface area contributed by atoms with E-state index in [2.05, 4.69) is 5.32 Å². The van der Waals surface area contributed by atoms with Crippen molar-refractivity contribution >= 4 is 27.5 Å². The van der Waals surface area contributed by atoms with Crippen LogP contribution in [0.1, 0.15) is 37.0 Å². The molecule has 4 aromatic rings. The van der Waals surface area contributed by atoms with Crippen molar-refractivity contribution in [3.05, 3.63) is 126 Å². The van der Waals surface area contributed by atoms with Crippen molar-refractivity contribution < 1.29 is 22.7 Å². The quantitative estimate of drug-likeness (QED) is 0.192. The third-order valence-corrected chi connectivity index (χ3v) is 9.61. The van der Waals surface area contributed by atoms with Gasteiger partial charge < -0.3 is 15.0 Å². The molecule has 0 fully saturated rings. The minimum absolute atomic E-state index is 0.0320. The zero-order valence-corrected chi connectivity index (χ0v) is 27.0. The van der Waals surface area contributed by atoms with Crippen LogP contribution in [0.5, 0.6) is 5.75 Å². The van der Waals surface area contributed by atoms with E-state index in [-0.39, 0.29) is 35.5 Å². The van der Waals surface area contributed by atoms with Gasteiger partial charge in [0.2, 0.25) is 11.8 Å². The Balaban J connectivity index is 1.84. The molecule has 1 N–H and O–H groups in total. The lowest BCUT2D eigenvalue weighted by atomic mass is 10.0. The van der Waals surface area contributed by atoms with Crippen molar-refractivity contribution in [1.29, 1.82) is 0 Å². The molecule has 0 aliphatic rings. The van der Waals surface area contributed by atoms with Gasteiger partial charge in [0.1, 0.15) is 18.3 Å². The predicted molar refractivity (Wildman–Crippen MR) is 178 cm³/mol. The number of methoxy groups -OCH3 is 1. The maximum absolute atomic E-state index is 14.6. The molecular weight excluding hydrogens is 586 g/mol. The highest BCUT2D eigenvalue weighted by molar-refractivity contribution is 7.92. The van der Waals surface area contributed by atoms with Gasteiger partial charge in [-0.15, -0.1) is 0 Å². The van der Waals surface area contributed by atoms with Crippen molar-refractivity contribution in [2.75, 3.05) is 18.0 Å². The normalized spacial score (nSPS) is 12.5. The van der Waals surface area contributed by atoms with Gasteiger partial charge in [0.15, 0.2) is 0 Å².